The van der Waals surface area contributed by atoms with Crippen LogP contribution in [0.15, 0.2) is 53.4 Å². The molecule has 0 atom stereocenters. The van der Waals surface area contributed by atoms with E-state index in [-0.39, 0.29) is 24.3 Å². The van der Waals surface area contributed by atoms with Gasteiger partial charge < -0.3 is 10.6 Å². The smallest absolute Gasteiger partial charge is 0.254 e. The summed E-state index contributed by atoms with van der Waals surface area (Å²) in [6.45, 7) is 0. The first-order valence-electron chi connectivity index (χ1n) is 9.36. The lowest BCUT2D eigenvalue weighted by molar-refractivity contribution is -0.115. The summed E-state index contributed by atoms with van der Waals surface area (Å²) in [4.78, 5) is 30.5. The van der Waals surface area contributed by atoms with Gasteiger partial charge in [0, 0.05) is 28.9 Å². The minimum Gasteiger partial charge on any atom is -0.349 e. The van der Waals surface area contributed by atoms with E-state index in [0.29, 0.717) is 10.6 Å². The normalized spacial score (nSPS) is 13.5. The molecule has 0 bridgehead atoms. The quantitative estimate of drug-likeness (QED) is 0.489. The van der Waals surface area contributed by atoms with Gasteiger partial charge in [0.05, 0.1) is 17.7 Å². The summed E-state index contributed by atoms with van der Waals surface area (Å²) >= 11 is 2.87. The van der Waals surface area contributed by atoms with Gasteiger partial charge in [0.25, 0.3) is 5.91 Å². The predicted octanol–water partition coefficient (Wildman–Crippen LogP) is 4.20. The van der Waals surface area contributed by atoms with Crippen molar-refractivity contribution >= 4 is 44.4 Å². The largest absolute Gasteiger partial charge is 0.349 e. The number of anilines is 1. The monoisotopic (exact) mass is 422 g/mol. The summed E-state index contributed by atoms with van der Waals surface area (Å²) in [6.07, 6.45) is 4.23. The van der Waals surface area contributed by atoms with Gasteiger partial charge in [0.15, 0.2) is 4.96 Å². The standard InChI is InChI=1S/C21H18N4O2S2/c26-18(24-20-16(8-9-28-20)19(27)22-14-6-7-14)10-15-12-29-21-23-17(11-25(15)21)13-4-2-1-3-5-13/h1-5,8-9,11-12,14H,6-7,10H2,(H,22,27)(H,24,26). The molecule has 146 valence electrons. The van der Waals surface area contributed by atoms with E-state index >= 15 is 0 Å². The number of nitrogens with one attached hydrogen (secondary N) is 2. The number of amides is 2. The molecule has 6 nitrogen and oxygen atoms in total. The van der Waals surface area contributed by atoms with Crippen LogP contribution in [0, 0.1) is 0 Å². The number of nitrogens with zero attached hydrogens (tertiary/aromatic N) is 2. The molecule has 1 aliphatic rings. The molecular formula is C21H18N4O2S2. The first-order chi connectivity index (χ1) is 14.2. The van der Waals surface area contributed by atoms with Crippen molar-refractivity contribution in [3.8, 4) is 11.3 Å². The zero-order chi connectivity index (χ0) is 19.8. The molecule has 3 heterocycles. The Bertz CT molecular complexity index is 1190. The first-order valence-corrected chi connectivity index (χ1v) is 11.1. The molecule has 1 saturated carbocycles. The molecule has 5 rings (SSSR count). The van der Waals surface area contributed by atoms with Gasteiger partial charge in [-0.15, -0.1) is 22.7 Å². The Balaban J connectivity index is 1.31. The van der Waals surface area contributed by atoms with E-state index in [4.69, 9.17) is 0 Å². The van der Waals surface area contributed by atoms with E-state index in [9.17, 15) is 9.59 Å². The lowest BCUT2D eigenvalue weighted by Gasteiger charge is -2.07. The lowest BCUT2D eigenvalue weighted by Crippen LogP contribution is -2.26. The maximum atomic E-state index is 12.6. The molecule has 1 aliphatic carbocycles. The Morgan fingerprint density at radius 1 is 1.14 bits per heavy atom. The number of benzene rings is 1. The number of imidazole rings is 1. The Morgan fingerprint density at radius 3 is 2.76 bits per heavy atom. The molecule has 3 aromatic heterocycles. The van der Waals surface area contributed by atoms with Crippen LogP contribution in [0.4, 0.5) is 5.00 Å². The van der Waals surface area contributed by atoms with Crippen LogP contribution in [0.5, 0.6) is 0 Å². The molecular weight excluding hydrogens is 404 g/mol. The fourth-order valence-electron chi connectivity index (χ4n) is 3.12. The van der Waals surface area contributed by atoms with Crippen LogP contribution < -0.4 is 10.6 Å². The zero-order valence-electron chi connectivity index (χ0n) is 15.4. The van der Waals surface area contributed by atoms with E-state index in [1.54, 1.807) is 6.07 Å². The molecule has 0 spiro atoms. The van der Waals surface area contributed by atoms with Crippen molar-refractivity contribution in [3.05, 3.63) is 64.6 Å². The molecule has 0 saturated heterocycles. The number of fused-ring (bicyclic) bond motifs is 1. The molecule has 4 aromatic rings. The minimum atomic E-state index is -0.150. The number of thiazole rings is 1. The van der Waals surface area contributed by atoms with E-state index < -0.39 is 0 Å². The number of thiophene rings is 1. The third kappa shape index (κ3) is 3.81. The van der Waals surface area contributed by atoms with Crippen LogP contribution in [-0.4, -0.2) is 27.2 Å². The molecule has 1 fully saturated rings. The molecule has 0 unspecified atom stereocenters. The predicted molar refractivity (Wildman–Crippen MR) is 116 cm³/mol. The van der Waals surface area contributed by atoms with Crippen molar-refractivity contribution in [2.75, 3.05) is 5.32 Å². The van der Waals surface area contributed by atoms with Gasteiger partial charge >= 0.3 is 0 Å². The molecule has 0 radical (unpaired) electrons. The van der Waals surface area contributed by atoms with Crippen LogP contribution in [-0.2, 0) is 11.2 Å². The highest BCUT2D eigenvalue weighted by atomic mass is 32.1. The first kappa shape index (κ1) is 18.1. The Kier molecular flexibility index (Phi) is 4.65. The number of rotatable bonds is 6. The Hall–Kier alpha value is -2.97. The fourth-order valence-corrected chi connectivity index (χ4v) is 4.79. The van der Waals surface area contributed by atoms with Crippen molar-refractivity contribution in [1.29, 1.82) is 0 Å². The minimum absolute atomic E-state index is 0.121. The number of carbonyl (C=O) groups is 2. The van der Waals surface area contributed by atoms with Crippen LogP contribution in [0.3, 0.4) is 0 Å². The number of aromatic nitrogens is 2. The topological polar surface area (TPSA) is 75.5 Å². The van der Waals surface area contributed by atoms with Crippen molar-refractivity contribution < 1.29 is 9.59 Å². The summed E-state index contributed by atoms with van der Waals surface area (Å²) < 4.78 is 1.96. The number of carbonyl (C=O) groups excluding carboxylic acids is 2. The summed E-state index contributed by atoms with van der Waals surface area (Å²) in [5, 5.41) is 10.2. The van der Waals surface area contributed by atoms with Crippen LogP contribution >= 0.6 is 22.7 Å². The lowest BCUT2D eigenvalue weighted by atomic mass is 10.2. The van der Waals surface area contributed by atoms with Crippen LogP contribution in [0.1, 0.15) is 28.9 Å². The Labute approximate surface area is 175 Å². The maximum absolute atomic E-state index is 12.6. The van der Waals surface area contributed by atoms with Crippen molar-refractivity contribution in [3.63, 3.8) is 0 Å². The van der Waals surface area contributed by atoms with E-state index in [1.165, 1.54) is 22.7 Å². The van der Waals surface area contributed by atoms with E-state index in [1.807, 2.05) is 51.7 Å². The van der Waals surface area contributed by atoms with Crippen molar-refractivity contribution in [1.82, 2.24) is 14.7 Å². The SMILES string of the molecule is O=C(Cc1csc2nc(-c3ccccc3)cn12)Nc1sccc1C(=O)NC1CC1. The summed E-state index contributed by atoms with van der Waals surface area (Å²) in [5.41, 5.74) is 3.33. The van der Waals surface area contributed by atoms with Crippen molar-refractivity contribution in [2.45, 2.75) is 25.3 Å². The molecule has 2 amide bonds. The van der Waals surface area contributed by atoms with Gasteiger partial charge in [0.2, 0.25) is 5.91 Å². The van der Waals surface area contributed by atoms with Gasteiger partial charge in [-0.2, -0.15) is 0 Å². The molecule has 0 aliphatic heterocycles. The molecule has 2 N–H and O–H groups in total. The summed E-state index contributed by atoms with van der Waals surface area (Å²) in [6, 6.07) is 12.0. The Morgan fingerprint density at radius 2 is 1.97 bits per heavy atom. The second kappa shape index (κ2) is 7.46. The average Bonchev–Trinajstić information content (AvgIpc) is 3.12. The molecule has 1 aromatic carbocycles. The van der Waals surface area contributed by atoms with Gasteiger partial charge in [-0.05, 0) is 24.3 Å². The molecule has 29 heavy (non-hydrogen) atoms. The second-order valence-corrected chi connectivity index (χ2v) is 8.76. The third-order valence-electron chi connectivity index (χ3n) is 4.77. The highest BCUT2D eigenvalue weighted by molar-refractivity contribution is 7.15. The number of hydrogen-bond donors (Lipinski definition) is 2. The highest BCUT2D eigenvalue weighted by Crippen LogP contribution is 2.27. The summed E-state index contributed by atoms with van der Waals surface area (Å²) in [5.74, 6) is -0.272. The summed E-state index contributed by atoms with van der Waals surface area (Å²) in [7, 11) is 0. The van der Waals surface area contributed by atoms with Crippen molar-refractivity contribution in [2.24, 2.45) is 0 Å². The van der Waals surface area contributed by atoms with Gasteiger partial charge in [-0.25, -0.2) is 4.98 Å². The third-order valence-corrected chi connectivity index (χ3v) is 6.49. The molecule has 8 heteroatoms. The van der Waals surface area contributed by atoms with Gasteiger partial charge in [-0.3, -0.25) is 14.0 Å². The second-order valence-electron chi connectivity index (χ2n) is 7.01. The average molecular weight is 423 g/mol. The van der Waals surface area contributed by atoms with Crippen LogP contribution in [0.2, 0.25) is 0 Å². The highest BCUT2D eigenvalue weighted by Gasteiger charge is 2.25. The zero-order valence-corrected chi connectivity index (χ0v) is 17.1. The fraction of sp³-hybridized carbons (Fsp3) is 0.190. The van der Waals surface area contributed by atoms with E-state index in [2.05, 4.69) is 15.6 Å². The van der Waals surface area contributed by atoms with Gasteiger partial charge in [0.1, 0.15) is 5.00 Å². The van der Waals surface area contributed by atoms with Gasteiger partial charge in [-0.1, -0.05) is 30.3 Å². The number of hydrogen-bond acceptors (Lipinski definition) is 5. The maximum Gasteiger partial charge on any atom is 0.254 e. The van der Waals surface area contributed by atoms with E-state index in [0.717, 1.165) is 34.8 Å². The van der Waals surface area contributed by atoms with Crippen LogP contribution in [0.25, 0.3) is 16.2 Å².